The van der Waals surface area contributed by atoms with Crippen molar-refractivity contribution < 1.29 is 0 Å². The van der Waals surface area contributed by atoms with Gasteiger partial charge in [-0.25, -0.2) is 0 Å². The summed E-state index contributed by atoms with van der Waals surface area (Å²) in [5.41, 5.74) is 2.36. The standard InChI is InChI=1S/C16H21BrN2S/c1-2-11-3-5-12(6-4-11)10-19-15-8-7-13(17)9-14(15)18-16(19)20/h7-9,11-12H,2-6,10H2,1H3,(H,18,20). The SMILES string of the molecule is CCC1CCC(Cn2c(=S)[nH]c3cc(Br)ccc32)CC1. The lowest BCUT2D eigenvalue weighted by atomic mass is 9.81. The normalized spacial score (nSPS) is 23.3. The first-order valence-corrected chi connectivity index (χ1v) is 8.75. The summed E-state index contributed by atoms with van der Waals surface area (Å²) in [5.74, 6) is 1.74. The third-order valence-corrected chi connectivity index (χ3v) is 5.54. The molecule has 1 N–H and O–H groups in total. The molecule has 0 amide bonds. The summed E-state index contributed by atoms with van der Waals surface area (Å²) >= 11 is 9.02. The maximum absolute atomic E-state index is 5.50. The molecule has 2 aromatic rings. The number of hydrogen-bond acceptors (Lipinski definition) is 1. The Labute approximate surface area is 133 Å². The minimum atomic E-state index is 0.784. The Bertz CT molecular complexity index is 650. The number of nitrogens with one attached hydrogen (secondary N) is 1. The van der Waals surface area contributed by atoms with E-state index in [1.807, 2.05) is 0 Å². The van der Waals surface area contributed by atoms with Gasteiger partial charge in [0, 0.05) is 11.0 Å². The van der Waals surface area contributed by atoms with E-state index in [0.29, 0.717) is 0 Å². The minimum Gasteiger partial charge on any atom is -0.331 e. The van der Waals surface area contributed by atoms with Gasteiger partial charge < -0.3 is 9.55 Å². The van der Waals surface area contributed by atoms with Crippen LogP contribution >= 0.6 is 28.1 Å². The highest BCUT2D eigenvalue weighted by atomic mass is 79.9. The molecule has 1 saturated carbocycles. The first-order chi connectivity index (χ1) is 9.67. The van der Waals surface area contributed by atoms with Gasteiger partial charge in [0.15, 0.2) is 4.77 Å². The molecular formula is C16H21BrN2S. The Hall–Kier alpha value is -0.610. The molecule has 0 saturated heterocycles. The van der Waals surface area contributed by atoms with E-state index in [4.69, 9.17) is 12.2 Å². The van der Waals surface area contributed by atoms with Gasteiger partial charge in [-0.1, -0.05) is 42.1 Å². The number of fused-ring (bicyclic) bond motifs is 1. The van der Waals surface area contributed by atoms with Crippen LogP contribution in [0.5, 0.6) is 0 Å². The summed E-state index contributed by atoms with van der Waals surface area (Å²) in [6.45, 7) is 3.38. The van der Waals surface area contributed by atoms with Gasteiger partial charge in [-0.2, -0.15) is 0 Å². The van der Waals surface area contributed by atoms with Crippen molar-refractivity contribution in [1.82, 2.24) is 9.55 Å². The molecule has 0 spiro atoms. The summed E-state index contributed by atoms with van der Waals surface area (Å²) in [6, 6.07) is 6.36. The third kappa shape index (κ3) is 2.86. The summed E-state index contributed by atoms with van der Waals surface area (Å²) in [7, 11) is 0. The van der Waals surface area contributed by atoms with E-state index in [1.165, 1.54) is 37.6 Å². The van der Waals surface area contributed by atoms with Gasteiger partial charge in [-0.15, -0.1) is 0 Å². The van der Waals surface area contributed by atoms with Crippen molar-refractivity contribution in [2.24, 2.45) is 11.8 Å². The number of aromatic nitrogens is 2. The number of hydrogen-bond donors (Lipinski definition) is 1. The molecule has 2 nitrogen and oxygen atoms in total. The average molecular weight is 353 g/mol. The first-order valence-electron chi connectivity index (χ1n) is 7.55. The topological polar surface area (TPSA) is 20.7 Å². The zero-order chi connectivity index (χ0) is 14.1. The molecule has 0 bridgehead atoms. The monoisotopic (exact) mass is 352 g/mol. The van der Waals surface area contributed by atoms with Crippen molar-refractivity contribution in [3.05, 3.63) is 27.4 Å². The molecule has 1 heterocycles. The van der Waals surface area contributed by atoms with Crippen LogP contribution in [0.25, 0.3) is 11.0 Å². The molecule has 108 valence electrons. The van der Waals surface area contributed by atoms with Crippen LogP contribution in [-0.4, -0.2) is 9.55 Å². The number of rotatable bonds is 3. The zero-order valence-electron chi connectivity index (χ0n) is 11.9. The van der Waals surface area contributed by atoms with Crippen molar-refractivity contribution in [1.29, 1.82) is 0 Å². The zero-order valence-corrected chi connectivity index (χ0v) is 14.3. The van der Waals surface area contributed by atoms with E-state index in [9.17, 15) is 0 Å². The fraction of sp³-hybridized carbons (Fsp3) is 0.562. The molecule has 0 aliphatic heterocycles. The van der Waals surface area contributed by atoms with Gasteiger partial charge >= 0.3 is 0 Å². The van der Waals surface area contributed by atoms with Gasteiger partial charge in [0.25, 0.3) is 0 Å². The molecule has 1 aromatic heterocycles. The largest absolute Gasteiger partial charge is 0.331 e. The fourth-order valence-electron chi connectivity index (χ4n) is 3.40. The second kappa shape index (κ2) is 6.02. The molecule has 1 fully saturated rings. The van der Waals surface area contributed by atoms with Crippen molar-refractivity contribution in [2.75, 3.05) is 0 Å². The lowest BCUT2D eigenvalue weighted by Crippen LogP contribution is -2.18. The van der Waals surface area contributed by atoms with E-state index in [1.54, 1.807) is 0 Å². The van der Waals surface area contributed by atoms with Gasteiger partial charge in [0.05, 0.1) is 11.0 Å². The predicted octanol–water partition coefficient (Wildman–Crippen LogP) is 5.68. The van der Waals surface area contributed by atoms with Gasteiger partial charge in [0.2, 0.25) is 0 Å². The molecule has 0 radical (unpaired) electrons. The highest BCUT2D eigenvalue weighted by Gasteiger charge is 2.21. The van der Waals surface area contributed by atoms with Crippen molar-refractivity contribution in [3.63, 3.8) is 0 Å². The lowest BCUT2D eigenvalue weighted by molar-refractivity contribution is 0.248. The van der Waals surface area contributed by atoms with Gasteiger partial charge in [0.1, 0.15) is 0 Å². The van der Waals surface area contributed by atoms with Crippen LogP contribution in [0, 0.1) is 16.6 Å². The molecule has 20 heavy (non-hydrogen) atoms. The van der Waals surface area contributed by atoms with Crippen LogP contribution in [0.2, 0.25) is 0 Å². The van der Waals surface area contributed by atoms with Crippen molar-refractivity contribution in [3.8, 4) is 0 Å². The van der Waals surface area contributed by atoms with E-state index < -0.39 is 0 Å². The van der Waals surface area contributed by atoms with Crippen LogP contribution in [0.15, 0.2) is 22.7 Å². The summed E-state index contributed by atoms with van der Waals surface area (Å²) < 4.78 is 4.24. The molecular weight excluding hydrogens is 332 g/mol. The molecule has 1 aliphatic carbocycles. The summed E-state index contributed by atoms with van der Waals surface area (Å²) in [5, 5.41) is 0. The Morgan fingerprint density at radius 1 is 1.25 bits per heavy atom. The second-order valence-corrected chi connectivity index (χ2v) is 7.30. The Morgan fingerprint density at radius 3 is 2.65 bits per heavy atom. The molecule has 1 aromatic carbocycles. The first kappa shape index (κ1) is 14.3. The van der Waals surface area contributed by atoms with E-state index >= 15 is 0 Å². The Morgan fingerprint density at radius 2 is 1.95 bits per heavy atom. The van der Waals surface area contributed by atoms with Crippen LogP contribution in [0.3, 0.4) is 0 Å². The van der Waals surface area contributed by atoms with Crippen LogP contribution in [-0.2, 0) is 6.54 Å². The maximum atomic E-state index is 5.50. The maximum Gasteiger partial charge on any atom is 0.178 e. The minimum absolute atomic E-state index is 0.784. The second-order valence-electron chi connectivity index (χ2n) is 6.00. The molecule has 0 atom stereocenters. The van der Waals surface area contributed by atoms with Crippen LogP contribution in [0.1, 0.15) is 39.0 Å². The number of aromatic amines is 1. The molecule has 3 rings (SSSR count). The van der Waals surface area contributed by atoms with E-state index in [0.717, 1.165) is 33.1 Å². The number of benzene rings is 1. The van der Waals surface area contributed by atoms with Crippen LogP contribution < -0.4 is 0 Å². The number of halogens is 1. The van der Waals surface area contributed by atoms with Crippen LogP contribution in [0.4, 0.5) is 0 Å². The highest BCUT2D eigenvalue weighted by Crippen LogP contribution is 2.32. The fourth-order valence-corrected chi connectivity index (χ4v) is 4.04. The summed E-state index contributed by atoms with van der Waals surface area (Å²) in [4.78, 5) is 3.33. The molecule has 4 heteroatoms. The summed E-state index contributed by atoms with van der Waals surface area (Å²) in [6.07, 6.45) is 6.82. The number of nitrogens with zero attached hydrogens (tertiary/aromatic N) is 1. The van der Waals surface area contributed by atoms with E-state index in [2.05, 4.69) is 50.6 Å². The predicted molar refractivity (Wildman–Crippen MR) is 90.6 cm³/mol. The van der Waals surface area contributed by atoms with E-state index in [-0.39, 0.29) is 0 Å². The van der Waals surface area contributed by atoms with Crippen molar-refractivity contribution in [2.45, 2.75) is 45.6 Å². The number of H-pyrrole nitrogens is 1. The lowest BCUT2D eigenvalue weighted by Gasteiger charge is -2.28. The van der Waals surface area contributed by atoms with Crippen molar-refractivity contribution >= 4 is 39.2 Å². The molecule has 0 unspecified atom stereocenters. The Kier molecular flexibility index (Phi) is 4.32. The number of imidazole rings is 1. The third-order valence-electron chi connectivity index (χ3n) is 4.72. The Balaban J connectivity index is 1.81. The highest BCUT2D eigenvalue weighted by molar-refractivity contribution is 9.10. The van der Waals surface area contributed by atoms with Gasteiger partial charge in [-0.3, -0.25) is 0 Å². The average Bonchev–Trinajstić information content (AvgIpc) is 2.75. The quantitative estimate of drug-likeness (QED) is 0.704. The smallest absolute Gasteiger partial charge is 0.178 e. The van der Waals surface area contributed by atoms with Gasteiger partial charge in [-0.05, 0) is 55.1 Å². The molecule has 1 aliphatic rings.